The number of hydrogen-bond acceptors (Lipinski definition) is 4. The van der Waals surface area contributed by atoms with Gasteiger partial charge in [0, 0.05) is 18.2 Å². The van der Waals surface area contributed by atoms with Gasteiger partial charge in [-0.25, -0.2) is 0 Å². The van der Waals surface area contributed by atoms with Gasteiger partial charge < -0.3 is 15.0 Å². The van der Waals surface area contributed by atoms with Crippen molar-refractivity contribution in [3.63, 3.8) is 0 Å². The van der Waals surface area contributed by atoms with E-state index in [2.05, 4.69) is 10.2 Å². The summed E-state index contributed by atoms with van der Waals surface area (Å²) >= 11 is 0. The summed E-state index contributed by atoms with van der Waals surface area (Å²) < 4.78 is 4.70. The van der Waals surface area contributed by atoms with Crippen LogP contribution in [-0.2, 0) is 14.3 Å². The van der Waals surface area contributed by atoms with Gasteiger partial charge in [0.1, 0.15) is 0 Å². The molecule has 0 bridgehead atoms. The number of methoxy groups -OCH3 is 1. The highest BCUT2D eigenvalue weighted by atomic mass is 16.5. The lowest BCUT2D eigenvalue weighted by atomic mass is 9.64. The van der Waals surface area contributed by atoms with Crippen LogP contribution in [0.15, 0.2) is 24.3 Å². The molecule has 2 aliphatic carbocycles. The third kappa shape index (κ3) is 3.61. The maximum absolute atomic E-state index is 13.7. The molecule has 1 aromatic rings. The lowest BCUT2D eigenvalue weighted by molar-refractivity contribution is -0.140. The maximum atomic E-state index is 13.7. The second-order valence-electron chi connectivity index (χ2n) is 8.92. The predicted molar refractivity (Wildman–Crippen MR) is 113 cm³/mol. The standard InChI is InChI=1S/C24H32N2O4/c1-30-20(27)13-16-25-22(28)21-18-11-5-6-12-19(18)23(29)26(17-9-3-4-10-17)24(21)14-7-2-8-15-24/h5-6,11-12,17,21H,2-4,7-10,13-16H2,1H3,(H,25,28)/t21-/m1/s1. The molecule has 1 spiro atoms. The van der Waals surface area contributed by atoms with E-state index in [1.807, 2.05) is 24.3 Å². The second-order valence-corrected chi connectivity index (χ2v) is 8.92. The summed E-state index contributed by atoms with van der Waals surface area (Å²) in [6.45, 7) is 0.248. The summed E-state index contributed by atoms with van der Waals surface area (Å²) in [5.74, 6) is -0.721. The highest BCUT2D eigenvalue weighted by molar-refractivity contribution is 6.02. The zero-order valence-electron chi connectivity index (χ0n) is 17.8. The van der Waals surface area contributed by atoms with Crippen molar-refractivity contribution in [2.45, 2.75) is 81.7 Å². The van der Waals surface area contributed by atoms with Crippen LogP contribution >= 0.6 is 0 Å². The zero-order chi connectivity index (χ0) is 21.1. The maximum Gasteiger partial charge on any atom is 0.307 e. The Labute approximate surface area is 178 Å². The summed E-state index contributed by atoms with van der Waals surface area (Å²) in [5, 5.41) is 2.98. The van der Waals surface area contributed by atoms with E-state index >= 15 is 0 Å². The van der Waals surface area contributed by atoms with Crippen LogP contribution in [0.4, 0.5) is 0 Å². The van der Waals surface area contributed by atoms with E-state index < -0.39 is 11.5 Å². The van der Waals surface area contributed by atoms with Gasteiger partial charge in [-0.15, -0.1) is 0 Å². The SMILES string of the molecule is COC(=O)CCNC(=O)[C@H]1c2ccccc2C(=O)N(C2CCCC2)C12CCCCC2. The normalized spacial score (nSPS) is 23.3. The highest BCUT2D eigenvalue weighted by Gasteiger charge is 2.56. The van der Waals surface area contributed by atoms with Gasteiger partial charge in [0.05, 0.1) is 25.0 Å². The largest absolute Gasteiger partial charge is 0.469 e. The minimum Gasteiger partial charge on any atom is -0.469 e. The lowest BCUT2D eigenvalue weighted by Crippen LogP contribution is -2.65. The molecule has 0 radical (unpaired) electrons. The van der Waals surface area contributed by atoms with Gasteiger partial charge in [-0.3, -0.25) is 14.4 Å². The molecule has 162 valence electrons. The number of carbonyl (C=O) groups is 3. The Morgan fingerprint density at radius 2 is 1.80 bits per heavy atom. The van der Waals surface area contributed by atoms with Gasteiger partial charge >= 0.3 is 5.97 Å². The quantitative estimate of drug-likeness (QED) is 0.751. The third-order valence-electron chi connectivity index (χ3n) is 7.27. The number of nitrogens with one attached hydrogen (secondary N) is 1. The molecule has 1 aliphatic heterocycles. The van der Waals surface area contributed by atoms with Gasteiger partial charge in [-0.1, -0.05) is 50.3 Å². The van der Waals surface area contributed by atoms with E-state index in [1.54, 1.807) is 0 Å². The molecular formula is C24H32N2O4. The molecule has 1 aromatic carbocycles. The molecule has 2 saturated carbocycles. The molecule has 0 unspecified atom stereocenters. The summed E-state index contributed by atoms with van der Waals surface area (Å²) in [6.07, 6.45) is 9.40. The van der Waals surface area contributed by atoms with Crippen LogP contribution in [0.1, 0.15) is 86.0 Å². The van der Waals surface area contributed by atoms with E-state index in [1.165, 1.54) is 7.11 Å². The first-order chi connectivity index (χ1) is 14.6. The molecule has 30 heavy (non-hydrogen) atoms. The zero-order valence-corrected chi connectivity index (χ0v) is 17.8. The van der Waals surface area contributed by atoms with Crippen LogP contribution in [0.25, 0.3) is 0 Å². The number of hydrogen-bond donors (Lipinski definition) is 1. The molecule has 1 atom stereocenters. The van der Waals surface area contributed by atoms with Crippen LogP contribution < -0.4 is 5.32 Å². The van der Waals surface area contributed by atoms with Gasteiger partial charge in [0.25, 0.3) is 5.91 Å². The smallest absolute Gasteiger partial charge is 0.307 e. The Bertz CT molecular complexity index is 809. The number of ether oxygens (including phenoxy) is 1. The fourth-order valence-corrected chi connectivity index (χ4v) is 5.97. The molecule has 2 amide bonds. The molecule has 0 saturated heterocycles. The summed E-state index contributed by atoms with van der Waals surface area (Å²) in [4.78, 5) is 40.9. The summed E-state index contributed by atoms with van der Waals surface area (Å²) in [7, 11) is 1.35. The Hall–Kier alpha value is -2.37. The minimum atomic E-state index is -0.464. The Kier molecular flexibility index (Phi) is 6.11. The number of benzene rings is 1. The van der Waals surface area contributed by atoms with Gasteiger partial charge in [-0.05, 0) is 37.3 Å². The highest BCUT2D eigenvalue weighted by Crippen LogP contribution is 2.51. The van der Waals surface area contributed by atoms with Crippen LogP contribution in [0.5, 0.6) is 0 Å². The lowest BCUT2D eigenvalue weighted by Gasteiger charge is -2.56. The van der Waals surface area contributed by atoms with Crippen LogP contribution in [0.3, 0.4) is 0 Å². The van der Waals surface area contributed by atoms with Crippen molar-refractivity contribution >= 4 is 17.8 Å². The van der Waals surface area contributed by atoms with Gasteiger partial charge in [0.15, 0.2) is 0 Å². The van der Waals surface area contributed by atoms with Crippen LogP contribution in [0, 0.1) is 0 Å². The molecule has 6 heteroatoms. The van der Waals surface area contributed by atoms with E-state index in [9.17, 15) is 14.4 Å². The van der Waals surface area contributed by atoms with Gasteiger partial charge in [-0.2, -0.15) is 0 Å². The first-order valence-electron chi connectivity index (χ1n) is 11.4. The Morgan fingerprint density at radius 1 is 1.10 bits per heavy atom. The van der Waals surface area contributed by atoms with Crippen molar-refractivity contribution < 1.29 is 19.1 Å². The second kappa shape index (κ2) is 8.78. The fraction of sp³-hybridized carbons (Fsp3) is 0.625. The molecule has 4 rings (SSSR count). The van der Waals surface area contributed by atoms with E-state index in [-0.39, 0.29) is 36.8 Å². The number of amides is 2. The molecule has 2 fully saturated rings. The monoisotopic (exact) mass is 412 g/mol. The van der Waals surface area contributed by atoms with Crippen molar-refractivity contribution in [3.05, 3.63) is 35.4 Å². The average molecular weight is 413 g/mol. The number of nitrogens with zero attached hydrogens (tertiary/aromatic N) is 1. The molecule has 1 heterocycles. The Morgan fingerprint density at radius 3 is 2.50 bits per heavy atom. The third-order valence-corrected chi connectivity index (χ3v) is 7.27. The molecule has 1 N–H and O–H groups in total. The summed E-state index contributed by atoms with van der Waals surface area (Å²) in [5.41, 5.74) is 1.04. The first-order valence-corrected chi connectivity index (χ1v) is 11.4. The van der Waals surface area contributed by atoms with Crippen molar-refractivity contribution in [1.29, 1.82) is 0 Å². The number of esters is 1. The minimum absolute atomic E-state index is 0.0799. The number of rotatable bonds is 5. The molecule has 3 aliphatic rings. The van der Waals surface area contributed by atoms with Crippen LogP contribution in [0.2, 0.25) is 0 Å². The molecular weight excluding hydrogens is 380 g/mol. The predicted octanol–water partition coefficient (Wildman–Crippen LogP) is 3.55. The van der Waals surface area contributed by atoms with E-state index in [0.29, 0.717) is 5.56 Å². The summed E-state index contributed by atoms with van der Waals surface area (Å²) in [6, 6.07) is 7.83. The van der Waals surface area contributed by atoms with Crippen molar-refractivity contribution in [2.24, 2.45) is 0 Å². The van der Waals surface area contributed by atoms with Crippen molar-refractivity contribution in [3.8, 4) is 0 Å². The molecule has 6 nitrogen and oxygen atoms in total. The van der Waals surface area contributed by atoms with E-state index in [4.69, 9.17) is 4.74 Å². The molecule has 0 aromatic heterocycles. The average Bonchev–Trinajstić information content (AvgIpc) is 3.28. The number of carbonyl (C=O) groups excluding carboxylic acids is 3. The Balaban J connectivity index is 1.73. The fourth-order valence-electron chi connectivity index (χ4n) is 5.97. The van der Waals surface area contributed by atoms with Crippen molar-refractivity contribution in [2.75, 3.05) is 13.7 Å². The number of fused-ring (bicyclic) bond motifs is 1. The topological polar surface area (TPSA) is 75.7 Å². The first kappa shape index (κ1) is 20.9. The van der Waals surface area contributed by atoms with Crippen LogP contribution in [-0.4, -0.2) is 47.9 Å². The van der Waals surface area contributed by atoms with E-state index in [0.717, 1.165) is 63.4 Å². The van der Waals surface area contributed by atoms with Gasteiger partial charge in [0.2, 0.25) is 5.91 Å². The van der Waals surface area contributed by atoms with Crippen molar-refractivity contribution in [1.82, 2.24) is 10.2 Å².